The Kier molecular flexibility index (Phi) is 6.01. The molecule has 5 rings (SSSR count). The smallest absolute Gasteiger partial charge is 0.181 e. The van der Waals surface area contributed by atoms with Crippen LogP contribution in [-0.4, -0.2) is 31.2 Å². The summed E-state index contributed by atoms with van der Waals surface area (Å²) in [7, 11) is 0. The van der Waals surface area contributed by atoms with Gasteiger partial charge in [0.15, 0.2) is 10.8 Å². The Labute approximate surface area is 172 Å². The predicted octanol–water partition coefficient (Wildman–Crippen LogP) is 4.37. The number of aromatic nitrogens is 4. The summed E-state index contributed by atoms with van der Waals surface area (Å²) in [5.74, 6) is 0.262. The normalized spacial score (nSPS) is 14.8. The van der Waals surface area contributed by atoms with Gasteiger partial charge in [0.2, 0.25) is 0 Å². The van der Waals surface area contributed by atoms with Crippen molar-refractivity contribution in [2.24, 2.45) is 5.92 Å². The van der Waals surface area contributed by atoms with Gasteiger partial charge in [-0.25, -0.2) is 19.3 Å². The Morgan fingerprint density at radius 2 is 1.97 bits per heavy atom. The molecule has 29 heavy (non-hydrogen) atoms. The van der Waals surface area contributed by atoms with Crippen LogP contribution in [0, 0.1) is 11.7 Å². The fourth-order valence-electron chi connectivity index (χ4n) is 3.69. The summed E-state index contributed by atoms with van der Waals surface area (Å²) in [6.45, 7) is 1.03. The number of nitrogen functional groups attached to an aromatic ring is 1. The molecule has 1 aromatic carbocycles. The van der Waals surface area contributed by atoms with Crippen LogP contribution < -0.4 is 5.73 Å². The fraction of sp³-hybridized carbons (Fsp3) is 0.381. The summed E-state index contributed by atoms with van der Waals surface area (Å²) < 4.78 is 16.1. The van der Waals surface area contributed by atoms with Crippen LogP contribution in [0.5, 0.6) is 0 Å². The number of anilines is 1. The van der Waals surface area contributed by atoms with Crippen molar-refractivity contribution in [2.45, 2.75) is 38.6 Å². The molecule has 152 valence electrons. The third-order valence-corrected chi connectivity index (χ3v) is 6.07. The van der Waals surface area contributed by atoms with E-state index in [9.17, 15) is 4.39 Å². The Balaban J connectivity index is 0.000000216. The van der Waals surface area contributed by atoms with Gasteiger partial charge in [-0.05, 0) is 36.5 Å². The van der Waals surface area contributed by atoms with Crippen LogP contribution in [0.2, 0.25) is 0 Å². The number of halogens is 1. The number of nitrogens with zero attached hydrogens (tertiary/aromatic N) is 4. The summed E-state index contributed by atoms with van der Waals surface area (Å²) in [6, 6.07) is 7.38. The Hall–Kier alpha value is -2.58. The molecule has 3 heterocycles. The lowest BCUT2D eigenvalue weighted by atomic mass is 9.90. The molecule has 4 aromatic rings. The van der Waals surface area contributed by atoms with Crippen molar-refractivity contribution >= 4 is 37.8 Å². The number of pyridine rings is 1. The van der Waals surface area contributed by atoms with Crippen molar-refractivity contribution in [3.05, 3.63) is 48.2 Å². The van der Waals surface area contributed by atoms with Gasteiger partial charge in [0.25, 0.3) is 0 Å². The highest BCUT2D eigenvalue weighted by molar-refractivity contribution is 7.22. The SMILES string of the molecule is Nc1nc2ccc(Cn3cnc4cc(F)cnc43)cc2s1.OCC1CCCCC1. The molecule has 1 aliphatic carbocycles. The zero-order valence-corrected chi connectivity index (χ0v) is 16.9. The number of thiazole rings is 1. The van der Waals surface area contributed by atoms with E-state index in [4.69, 9.17) is 10.8 Å². The monoisotopic (exact) mass is 413 g/mol. The number of aliphatic hydroxyl groups is 1. The highest BCUT2D eigenvalue weighted by Crippen LogP contribution is 2.25. The molecule has 0 aliphatic heterocycles. The maximum absolute atomic E-state index is 13.1. The molecule has 0 unspecified atom stereocenters. The number of hydrogen-bond donors (Lipinski definition) is 2. The van der Waals surface area contributed by atoms with E-state index < -0.39 is 0 Å². The van der Waals surface area contributed by atoms with Crippen LogP contribution in [0.15, 0.2) is 36.8 Å². The van der Waals surface area contributed by atoms with E-state index >= 15 is 0 Å². The van der Waals surface area contributed by atoms with Crippen LogP contribution in [-0.2, 0) is 6.54 Å². The van der Waals surface area contributed by atoms with Crippen molar-refractivity contribution in [2.75, 3.05) is 12.3 Å². The van der Waals surface area contributed by atoms with Gasteiger partial charge in [-0.1, -0.05) is 36.7 Å². The molecule has 0 spiro atoms. The van der Waals surface area contributed by atoms with Crippen LogP contribution in [0.25, 0.3) is 21.4 Å². The molecule has 0 amide bonds. The molecule has 3 aromatic heterocycles. The molecule has 0 saturated heterocycles. The largest absolute Gasteiger partial charge is 0.396 e. The van der Waals surface area contributed by atoms with Crippen molar-refractivity contribution in [1.82, 2.24) is 19.5 Å². The summed E-state index contributed by atoms with van der Waals surface area (Å²) in [6.07, 6.45) is 9.45. The summed E-state index contributed by atoms with van der Waals surface area (Å²) in [5.41, 5.74) is 8.93. The molecular formula is C21H24FN5OS. The van der Waals surface area contributed by atoms with Gasteiger partial charge in [-0.15, -0.1) is 0 Å². The minimum atomic E-state index is -0.380. The lowest BCUT2D eigenvalue weighted by Crippen LogP contribution is -2.09. The lowest BCUT2D eigenvalue weighted by molar-refractivity contribution is 0.190. The third-order valence-electron chi connectivity index (χ3n) is 5.23. The second-order valence-corrected chi connectivity index (χ2v) is 8.47. The van der Waals surface area contributed by atoms with E-state index in [0.717, 1.165) is 15.8 Å². The Morgan fingerprint density at radius 1 is 1.14 bits per heavy atom. The fourth-order valence-corrected chi connectivity index (χ4v) is 4.49. The van der Waals surface area contributed by atoms with Crippen LogP contribution >= 0.6 is 11.3 Å². The van der Waals surface area contributed by atoms with E-state index in [-0.39, 0.29) is 5.82 Å². The van der Waals surface area contributed by atoms with E-state index in [0.29, 0.717) is 35.4 Å². The van der Waals surface area contributed by atoms with E-state index in [1.54, 1.807) is 6.33 Å². The Bertz CT molecular complexity index is 1100. The average molecular weight is 414 g/mol. The molecule has 6 nitrogen and oxygen atoms in total. The molecular weight excluding hydrogens is 389 g/mol. The number of aliphatic hydroxyl groups excluding tert-OH is 1. The first-order valence-electron chi connectivity index (χ1n) is 9.84. The summed E-state index contributed by atoms with van der Waals surface area (Å²) in [4.78, 5) is 12.5. The highest BCUT2D eigenvalue weighted by Gasteiger charge is 2.11. The zero-order chi connectivity index (χ0) is 20.2. The van der Waals surface area contributed by atoms with Gasteiger partial charge in [0.05, 0.1) is 29.3 Å². The van der Waals surface area contributed by atoms with Gasteiger partial charge in [-0.3, -0.25) is 0 Å². The predicted molar refractivity (Wildman–Crippen MR) is 114 cm³/mol. The molecule has 8 heteroatoms. The second kappa shape index (κ2) is 8.84. The highest BCUT2D eigenvalue weighted by atomic mass is 32.1. The molecule has 1 fully saturated rings. The molecule has 1 saturated carbocycles. The first kappa shape index (κ1) is 19.7. The molecule has 0 atom stereocenters. The number of hydrogen-bond acceptors (Lipinski definition) is 6. The number of rotatable bonds is 3. The van der Waals surface area contributed by atoms with E-state index in [2.05, 4.69) is 21.0 Å². The maximum Gasteiger partial charge on any atom is 0.181 e. The topological polar surface area (TPSA) is 89.9 Å². The summed E-state index contributed by atoms with van der Waals surface area (Å²) >= 11 is 1.46. The minimum Gasteiger partial charge on any atom is -0.396 e. The zero-order valence-electron chi connectivity index (χ0n) is 16.1. The van der Waals surface area contributed by atoms with Gasteiger partial charge in [0, 0.05) is 12.7 Å². The summed E-state index contributed by atoms with van der Waals surface area (Å²) in [5, 5.41) is 9.25. The average Bonchev–Trinajstić information content (AvgIpc) is 3.30. The Morgan fingerprint density at radius 3 is 2.72 bits per heavy atom. The van der Waals surface area contributed by atoms with Gasteiger partial charge in [-0.2, -0.15) is 0 Å². The van der Waals surface area contributed by atoms with Crippen molar-refractivity contribution in [1.29, 1.82) is 0 Å². The maximum atomic E-state index is 13.1. The van der Waals surface area contributed by atoms with Gasteiger partial charge >= 0.3 is 0 Å². The van der Waals surface area contributed by atoms with Crippen molar-refractivity contribution in [3.8, 4) is 0 Å². The number of benzene rings is 1. The minimum absolute atomic E-state index is 0.380. The van der Waals surface area contributed by atoms with E-state index in [1.807, 2.05) is 16.7 Å². The molecule has 3 N–H and O–H groups in total. The van der Waals surface area contributed by atoms with Crippen LogP contribution in [0.4, 0.5) is 9.52 Å². The van der Waals surface area contributed by atoms with Crippen molar-refractivity contribution in [3.63, 3.8) is 0 Å². The molecule has 1 aliphatic rings. The number of imidazole rings is 1. The standard InChI is InChI=1S/C14H10FN5S.C7H14O/c15-9-4-11-13(17-5-9)20(7-18-11)6-8-1-2-10-12(3-8)21-14(16)19-10;8-6-7-4-2-1-3-5-7/h1-5,7H,6H2,(H2,16,19);7-8H,1-6H2. The quantitative estimate of drug-likeness (QED) is 0.521. The van der Waals surface area contributed by atoms with Crippen LogP contribution in [0.3, 0.4) is 0 Å². The third kappa shape index (κ3) is 4.71. The number of nitrogens with two attached hydrogens (primary N) is 1. The van der Waals surface area contributed by atoms with Gasteiger partial charge in [0.1, 0.15) is 11.3 Å². The molecule has 0 bridgehead atoms. The van der Waals surface area contributed by atoms with Crippen LogP contribution in [0.1, 0.15) is 37.7 Å². The second-order valence-electron chi connectivity index (χ2n) is 7.41. The molecule has 0 radical (unpaired) electrons. The lowest BCUT2D eigenvalue weighted by Gasteiger charge is -2.18. The van der Waals surface area contributed by atoms with Crippen molar-refractivity contribution < 1.29 is 9.50 Å². The van der Waals surface area contributed by atoms with Gasteiger partial charge < -0.3 is 15.4 Å². The first-order chi connectivity index (χ1) is 14.1. The van der Waals surface area contributed by atoms with E-state index in [1.165, 1.54) is 55.7 Å². The first-order valence-corrected chi connectivity index (χ1v) is 10.7. The number of fused-ring (bicyclic) bond motifs is 2.